The Balaban J connectivity index is 3.32. The fourth-order valence-electron chi connectivity index (χ4n) is 3.31. The normalized spacial score (nSPS) is 13.0. The highest BCUT2D eigenvalue weighted by atomic mass is 14.1. The van der Waals surface area contributed by atoms with Crippen LogP contribution < -0.4 is 0 Å². The van der Waals surface area contributed by atoms with E-state index < -0.39 is 0 Å². The summed E-state index contributed by atoms with van der Waals surface area (Å²) in [6, 6.07) is 0. The van der Waals surface area contributed by atoms with Gasteiger partial charge in [0.25, 0.3) is 0 Å². The molecule has 0 aliphatic rings. The lowest BCUT2D eigenvalue weighted by Gasteiger charge is -2.12. The van der Waals surface area contributed by atoms with Crippen LogP contribution in [0.5, 0.6) is 0 Å². The Labute approximate surface area is 148 Å². The Kier molecular flexibility index (Phi) is 19.6. The van der Waals surface area contributed by atoms with Gasteiger partial charge in [0.15, 0.2) is 0 Å². The molecule has 0 heteroatoms. The van der Waals surface area contributed by atoms with Crippen LogP contribution in [0.15, 0.2) is 12.2 Å². The summed E-state index contributed by atoms with van der Waals surface area (Å²) in [5, 5.41) is 0. The van der Waals surface area contributed by atoms with Gasteiger partial charge in [-0.25, -0.2) is 0 Å². The summed E-state index contributed by atoms with van der Waals surface area (Å²) < 4.78 is 0. The highest BCUT2D eigenvalue weighted by molar-refractivity contribution is 4.83. The average Bonchev–Trinajstić information content (AvgIpc) is 2.57. The maximum atomic E-state index is 2.45. The smallest absolute Gasteiger partial charge is 0.0322 e. The molecule has 0 bridgehead atoms. The molecule has 0 aliphatic carbocycles. The fourth-order valence-corrected chi connectivity index (χ4v) is 3.31. The van der Waals surface area contributed by atoms with Crippen LogP contribution in [0.1, 0.15) is 130 Å². The molecule has 0 saturated carbocycles. The highest BCUT2D eigenvalue weighted by Gasteiger charge is 2.03. The van der Waals surface area contributed by atoms with E-state index in [1.54, 1.807) is 0 Å². The standard InChI is InChI=1S/C23H46/c1-4-7-9-11-12-13-14-15-16-18-20-22-23(6-3)21-19-17-10-8-5-2/h17,19,23H,4-16,18,20-22H2,1-3H3/b19-17+. The van der Waals surface area contributed by atoms with Crippen molar-refractivity contribution < 1.29 is 0 Å². The second kappa shape index (κ2) is 19.8. The van der Waals surface area contributed by atoms with Crippen molar-refractivity contribution in [2.75, 3.05) is 0 Å². The zero-order chi connectivity index (χ0) is 17.0. The molecule has 0 heterocycles. The molecule has 0 radical (unpaired) electrons. The van der Waals surface area contributed by atoms with Gasteiger partial charge in [-0.1, -0.05) is 129 Å². The quantitative estimate of drug-likeness (QED) is 0.174. The first-order chi connectivity index (χ1) is 11.3. The SMILES string of the molecule is CCCC/C=C/CC(CC)CCCCCCCCCCCCC. The highest BCUT2D eigenvalue weighted by Crippen LogP contribution is 2.19. The van der Waals surface area contributed by atoms with Crippen molar-refractivity contribution >= 4 is 0 Å². The van der Waals surface area contributed by atoms with E-state index in [1.807, 2.05) is 0 Å². The Morgan fingerprint density at radius 2 is 1.09 bits per heavy atom. The van der Waals surface area contributed by atoms with Crippen LogP contribution in [0.3, 0.4) is 0 Å². The van der Waals surface area contributed by atoms with Crippen LogP contribution in [0, 0.1) is 5.92 Å². The van der Waals surface area contributed by atoms with E-state index in [9.17, 15) is 0 Å². The van der Waals surface area contributed by atoms with E-state index in [4.69, 9.17) is 0 Å². The number of unbranched alkanes of at least 4 members (excludes halogenated alkanes) is 12. The molecule has 0 aliphatic heterocycles. The van der Waals surface area contributed by atoms with Crippen molar-refractivity contribution in [3.05, 3.63) is 12.2 Å². The predicted molar refractivity (Wildman–Crippen MR) is 108 cm³/mol. The molecule has 0 N–H and O–H groups in total. The maximum absolute atomic E-state index is 2.45. The molecule has 0 amide bonds. The molecule has 0 aromatic heterocycles. The molecular weight excluding hydrogens is 276 g/mol. The van der Waals surface area contributed by atoms with Crippen LogP contribution in [-0.4, -0.2) is 0 Å². The van der Waals surface area contributed by atoms with Crippen molar-refractivity contribution in [2.45, 2.75) is 130 Å². The van der Waals surface area contributed by atoms with E-state index >= 15 is 0 Å². The minimum atomic E-state index is 0.937. The largest absolute Gasteiger partial charge is 0.0885 e. The number of hydrogen-bond acceptors (Lipinski definition) is 0. The Bertz CT molecular complexity index is 228. The molecule has 0 saturated heterocycles. The minimum Gasteiger partial charge on any atom is -0.0885 e. The summed E-state index contributed by atoms with van der Waals surface area (Å²) >= 11 is 0. The number of hydrogen-bond donors (Lipinski definition) is 0. The first-order valence-corrected chi connectivity index (χ1v) is 11.0. The van der Waals surface area contributed by atoms with Crippen molar-refractivity contribution in [3.63, 3.8) is 0 Å². The summed E-state index contributed by atoms with van der Waals surface area (Å²) in [4.78, 5) is 0. The molecule has 138 valence electrons. The van der Waals surface area contributed by atoms with Gasteiger partial charge in [0.1, 0.15) is 0 Å². The number of rotatable bonds is 18. The van der Waals surface area contributed by atoms with Gasteiger partial charge in [0.05, 0.1) is 0 Å². The first-order valence-electron chi connectivity index (χ1n) is 11.0. The molecular formula is C23H46. The summed E-state index contributed by atoms with van der Waals surface area (Å²) in [5.74, 6) is 0.937. The molecule has 0 aromatic rings. The minimum absolute atomic E-state index is 0.937. The summed E-state index contributed by atoms with van der Waals surface area (Å²) in [6.07, 6.45) is 29.0. The van der Waals surface area contributed by atoms with Gasteiger partial charge in [0, 0.05) is 0 Å². The lowest BCUT2D eigenvalue weighted by molar-refractivity contribution is 0.440. The third kappa shape index (κ3) is 17.9. The lowest BCUT2D eigenvalue weighted by atomic mass is 9.94. The Hall–Kier alpha value is -0.260. The van der Waals surface area contributed by atoms with Crippen molar-refractivity contribution in [1.82, 2.24) is 0 Å². The molecule has 1 atom stereocenters. The summed E-state index contributed by atoms with van der Waals surface area (Å²) in [6.45, 7) is 6.93. The second-order valence-corrected chi connectivity index (χ2v) is 7.45. The van der Waals surface area contributed by atoms with E-state index in [2.05, 4.69) is 32.9 Å². The molecule has 0 aromatic carbocycles. The third-order valence-electron chi connectivity index (χ3n) is 5.15. The average molecular weight is 323 g/mol. The molecule has 23 heavy (non-hydrogen) atoms. The topological polar surface area (TPSA) is 0 Å². The van der Waals surface area contributed by atoms with Crippen LogP contribution in [0.4, 0.5) is 0 Å². The van der Waals surface area contributed by atoms with E-state index in [1.165, 1.54) is 109 Å². The molecule has 0 fully saturated rings. The Morgan fingerprint density at radius 3 is 1.61 bits per heavy atom. The van der Waals surface area contributed by atoms with Gasteiger partial charge in [-0.05, 0) is 18.8 Å². The summed E-state index contributed by atoms with van der Waals surface area (Å²) in [7, 11) is 0. The zero-order valence-electron chi connectivity index (χ0n) is 16.8. The predicted octanol–water partition coefficient (Wildman–Crippen LogP) is 8.85. The first kappa shape index (κ1) is 22.7. The van der Waals surface area contributed by atoms with Gasteiger partial charge >= 0.3 is 0 Å². The molecule has 0 nitrogen and oxygen atoms in total. The van der Waals surface area contributed by atoms with Crippen LogP contribution in [0.25, 0.3) is 0 Å². The van der Waals surface area contributed by atoms with E-state index in [0.717, 1.165) is 5.92 Å². The lowest BCUT2D eigenvalue weighted by Crippen LogP contribution is -1.97. The van der Waals surface area contributed by atoms with Gasteiger partial charge in [-0.2, -0.15) is 0 Å². The van der Waals surface area contributed by atoms with Crippen molar-refractivity contribution in [3.8, 4) is 0 Å². The monoisotopic (exact) mass is 322 g/mol. The van der Waals surface area contributed by atoms with Crippen molar-refractivity contribution in [1.29, 1.82) is 0 Å². The van der Waals surface area contributed by atoms with Gasteiger partial charge < -0.3 is 0 Å². The van der Waals surface area contributed by atoms with Crippen molar-refractivity contribution in [2.24, 2.45) is 5.92 Å². The van der Waals surface area contributed by atoms with Gasteiger partial charge in [-0.3, -0.25) is 0 Å². The third-order valence-corrected chi connectivity index (χ3v) is 5.15. The van der Waals surface area contributed by atoms with Crippen LogP contribution in [0.2, 0.25) is 0 Å². The Morgan fingerprint density at radius 1 is 0.565 bits per heavy atom. The number of allylic oxidation sites excluding steroid dienone is 2. The van der Waals surface area contributed by atoms with Crippen LogP contribution in [-0.2, 0) is 0 Å². The van der Waals surface area contributed by atoms with Gasteiger partial charge in [0.2, 0.25) is 0 Å². The summed E-state index contributed by atoms with van der Waals surface area (Å²) in [5.41, 5.74) is 0. The van der Waals surface area contributed by atoms with Crippen LogP contribution >= 0.6 is 0 Å². The van der Waals surface area contributed by atoms with Gasteiger partial charge in [-0.15, -0.1) is 0 Å². The second-order valence-electron chi connectivity index (χ2n) is 7.45. The molecule has 1 unspecified atom stereocenters. The molecule has 0 rings (SSSR count). The van der Waals surface area contributed by atoms with E-state index in [-0.39, 0.29) is 0 Å². The fraction of sp³-hybridized carbons (Fsp3) is 0.913. The zero-order valence-corrected chi connectivity index (χ0v) is 16.8. The maximum Gasteiger partial charge on any atom is -0.0322 e. The van der Waals surface area contributed by atoms with E-state index in [0.29, 0.717) is 0 Å². The molecule has 0 spiro atoms.